The minimum absolute atomic E-state index is 0.138. The van der Waals surface area contributed by atoms with Crippen LogP contribution in [0.15, 0.2) is 12.3 Å². The average molecular weight is 277 g/mol. The Hall–Kier alpha value is -1.09. The molecule has 3 heteroatoms. The third kappa shape index (κ3) is 4.78. The van der Waals surface area contributed by atoms with Crippen molar-refractivity contribution in [1.29, 1.82) is 0 Å². The normalized spacial score (nSPS) is 13.3. The Bertz CT molecular complexity index is 421. The van der Waals surface area contributed by atoms with Gasteiger partial charge < -0.3 is 10.2 Å². The highest BCUT2D eigenvalue weighted by Gasteiger charge is 2.15. The van der Waals surface area contributed by atoms with Crippen molar-refractivity contribution in [1.82, 2.24) is 10.3 Å². The monoisotopic (exact) mass is 277 g/mol. The second-order valence-electron chi connectivity index (χ2n) is 6.63. The number of pyridine rings is 1. The van der Waals surface area contributed by atoms with Crippen LogP contribution in [0.2, 0.25) is 0 Å². The van der Waals surface area contributed by atoms with Gasteiger partial charge in [0.25, 0.3) is 0 Å². The Morgan fingerprint density at radius 3 is 2.40 bits per heavy atom. The van der Waals surface area contributed by atoms with E-state index in [1.165, 1.54) is 11.1 Å². The van der Waals surface area contributed by atoms with E-state index in [1.54, 1.807) is 0 Å². The summed E-state index contributed by atoms with van der Waals surface area (Å²) in [6.45, 7) is 17.3. The van der Waals surface area contributed by atoms with E-state index in [1.807, 2.05) is 6.20 Å². The fourth-order valence-electron chi connectivity index (χ4n) is 2.28. The first-order valence-electron chi connectivity index (χ1n) is 7.75. The maximum Gasteiger partial charge on any atom is 0.131 e. The number of nitrogens with one attached hydrogen (secondary N) is 1. The maximum atomic E-state index is 4.71. The standard InChI is InChI=1S/C17H31N3/c1-8-14(4)20(9-2)16-13(3)10-15(11-18-16)12-19-17(5,6)7/h10-11,14,19H,8-9,12H2,1-7H3. The van der Waals surface area contributed by atoms with E-state index in [0.29, 0.717) is 6.04 Å². The molecule has 1 aromatic rings. The molecule has 1 heterocycles. The molecule has 20 heavy (non-hydrogen) atoms. The van der Waals surface area contributed by atoms with Crippen LogP contribution in [0.3, 0.4) is 0 Å². The van der Waals surface area contributed by atoms with Crippen LogP contribution in [0.4, 0.5) is 5.82 Å². The first kappa shape index (κ1) is 17.0. The van der Waals surface area contributed by atoms with Gasteiger partial charge in [0, 0.05) is 30.9 Å². The molecule has 0 bridgehead atoms. The van der Waals surface area contributed by atoms with Gasteiger partial charge in [-0.15, -0.1) is 0 Å². The molecule has 0 saturated carbocycles. The lowest BCUT2D eigenvalue weighted by atomic mass is 10.1. The van der Waals surface area contributed by atoms with Crippen molar-refractivity contribution in [3.63, 3.8) is 0 Å². The summed E-state index contributed by atoms with van der Waals surface area (Å²) in [5.74, 6) is 1.13. The smallest absolute Gasteiger partial charge is 0.131 e. The summed E-state index contributed by atoms with van der Waals surface area (Å²) in [6, 6.07) is 2.79. The highest BCUT2D eigenvalue weighted by molar-refractivity contribution is 5.48. The zero-order valence-corrected chi connectivity index (χ0v) is 14.2. The maximum absolute atomic E-state index is 4.71. The number of anilines is 1. The van der Waals surface area contributed by atoms with Gasteiger partial charge in [-0.2, -0.15) is 0 Å². The highest BCUT2D eigenvalue weighted by atomic mass is 15.2. The third-order valence-electron chi connectivity index (χ3n) is 3.67. The summed E-state index contributed by atoms with van der Waals surface area (Å²) in [6.07, 6.45) is 3.15. The Morgan fingerprint density at radius 1 is 1.30 bits per heavy atom. The first-order chi connectivity index (χ1) is 9.28. The highest BCUT2D eigenvalue weighted by Crippen LogP contribution is 2.21. The number of aromatic nitrogens is 1. The molecule has 1 unspecified atom stereocenters. The third-order valence-corrected chi connectivity index (χ3v) is 3.67. The van der Waals surface area contributed by atoms with Crippen molar-refractivity contribution in [2.75, 3.05) is 11.4 Å². The average Bonchev–Trinajstić information content (AvgIpc) is 2.38. The molecule has 0 radical (unpaired) electrons. The molecule has 1 atom stereocenters. The SMILES string of the molecule is CCC(C)N(CC)c1ncc(CNC(C)(C)C)cc1C. The number of aryl methyl sites for hydroxylation is 1. The van der Waals surface area contributed by atoms with Crippen molar-refractivity contribution in [2.45, 2.75) is 73.0 Å². The summed E-state index contributed by atoms with van der Waals surface area (Å²) in [4.78, 5) is 7.09. The van der Waals surface area contributed by atoms with Crippen LogP contribution in [-0.4, -0.2) is 23.1 Å². The topological polar surface area (TPSA) is 28.2 Å². The van der Waals surface area contributed by atoms with E-state index in [0.717, 1.165) is 25.3 Å². The van der Waals surface area contributed by atoms with Crippen LogP contribution in [-0.2, 0) is 6.54 Å². The summed E-state index contributed by atoms with van der Waals surface area (Å²) < 4.78 is 0. The van der Waals surface area contributed by atoms with Crippen LogP contribution in [0.5, 0.6) is 0 Å². The number of nitrogens with zero attached hydrogens (tertiary/aromatic N) is 2. The molecule has 1 N–H and O–H groups in total. The molecule has 0 saturated heterocycles. The van der Waals surface area contributed by atoms with E-state index in [-0.39, 0.29) is 5.54 Å². The van der Waals surface area contributed by atoms with Gasteiger partial charge in [-0.05, 0) is 65.2 Å². The number of rotatable bonds is 6. The molecular formula is C17H31N3. The summed E-state index contributed by atoms with van der Waals surface area (Å²) >= 11 is 0. The molecule has 1 aromatic heterocycles. The minimum Gasteiger partial charge on any atom is -0.354 e. The van der Waals surface area contributed by atoms with Gasteiger partial charge in [-0.3, -0.25) is 0 Å². The zero-order valence-electron chi connectivity index (χ0n) is 14.2. The van der Waals surface area contributed by atoms with Gasteiger partial charge in [0.2, 0.25) is 0 Å². The fourth-order valence-corrected chi connectivity index (χ4v) is 2.28. The quantitative estimate of drug-likeness (QED) is 0.854. The lowest BCUT2D eigenvalue weighted by Crippen LogP contribution is -2.35. The molecule has 114 valence electrons. The summed E-state index contributed by atoms with van der Waals surface area (Å²) in [7, 11) is 0. The van der Waals surface area contributed by atoms with Crippen LogP contribution >= 0.6 is 0 Å². The molecule has 0 spiro atoms. The number of hydrogen-bond acceptors (Lipinski definition) is 3. The van der Waals surface area contributed by atoms with Crippen molar-refractivity contribution in [3.8, 4) is 0 Å². The van der Waals surface area contributed by atoms with Crippen molar-refractivity contribution in [2.24, 2.45) is 0 Å². The van der Waals surface area contributed by atoms with Gasteiger partial charge in [0.1, 0.15) is 5.82 Å². The Labute approximate surface area is 124 Å². The fraction of sp³-hybridized carbons (Fsp3) is 0.706. The van der Waals surface area contributed by atoms with Crippen LogP contribution in [0.25, 0.3) is 0 Å². The minimum atomic E-state index is 0.138. The largest absolute Gasteiger partial charge is 0.354 e. The Balaban J connectivity index is 2.87. The molecular weight excluding hydrogens is 246 g/mol. The lowest BCUT2D eigenvalue weighted by Gasteiger charge is -2.30. The van der Waals surface area contributed by atoms with E-state index in [4.69, 9.17) is 4.98 Å². The van der Waals surface area contributed by atoms with Gasteiger partial charge in [-0.1, -0.05) is 6.92 Å². The van der Waals surface area contributed by atoms with Gasteiger partial charge in [0.05, 0.1) is 0 Å². The number of hydrogen-bond donors (Lipinski definition) is 1. The molecule has 0 aliphatic rings. The Morgan fingerprint density at radius 2 is 1.95 bits per heavy atom. The van der Waals surface area contributed by atoms with Crippen LogP contribution in [0, 0.1) is 6.92 Å². The molecule has 0 fully saturated rings. The molecule has 0 aliphatic heterocycles. The Kier molecular flexibility index (Phi) is 6.00. The molecule has 1 rings (SSSR count). The molecule has 0 amide bonds. The zero-order chi connectivity index (χ0) is 15.3. The molecule has 3 nitrogen and oxygen atoms in total. The van der Waals surface area contributed by atoms with Crippen molar-refractivity contribution < 1.29 is 0 Å². The second-order valence-corrected chi connectivity index (χ2v) is 6.63. The molecule has 0 aliphatic carbocycles. The second kappa shape index (κ2) is 7.07. The molecule has 0 aromatic carbocycles. The van der Waals surface area contributed by atoms with Gasteiger partial charge >= 0.3 is 0 Å². The summed E-state index contributed by atoms with van der Waals surface area (Å²) in [5, 5.41) is 3.51. The first-order valence-corrected chi connectivity index (χ1v) is 7.75. The van der Waals surface area contributed by atoms with Crippen molar-refractivity contribution in [3.05, 3.63) is 23.4 Å². The lowest BCUT2D eigenvalue weighted by molar-refractivity contribution is 0.424. The van der Waals surface area contributed by atoms with Gasteiger partial charge in [-0.25, -0.2) is 4.98 Å². The summed E-state index contributed by atoms with van der Waals surface area (Å²) in [5.41, 5.74) is 2.65. The van der Waals surface area contributed by atoms with E-state index in [2.05, 4.69) is 64.7 Å². The van der Waals surface area contributed by atoms with E-state index < -0.39 is 0 Å². The van der Waals surface area contributed by atoms with E-state index >= 15 is 0 Å². The van der Waals surface area contributed by atoms with E-state index in [9.17, 15) is 0 Å². The predicted molar refractivity (Wildman–Crippen MR) is 88.3 cm³/mol. The van der Waals surface area contributed by atoms with Crippen LogP contribution in [0.1, 0.15) is 59.1 Å². The van der Waals surface area contributed by atoms with Crippen molar-refractivity contribution >= 4 is 5.82 Å². The van der Waals surface area contributed by atoms with Gasteiger partial charge in [0.15, 0.2) is 0 Å². The predicted octanol–water partition coefficient (Wildman–Crippen LogP) is 3.90. The van der Waals surface area contributed by atoms with Crippen LogP contribution < -0.4 is 10.2 Å².